The smallest absolute Gasteiger partial charge is 0.337 e. The van der Waals surface area contributed by atoms with E-state index in [1.54, 1.807) is 30.4 Å². The van der Waals surface area contributed by atoms with Crippen LogP contribution in [-0.2, 0) is 6.54 Å². The molecule has 2 rings (SSSR count). The zero-order chi connectivity index (χ0) is 13.1. The van der Waals surface area contributed by atoms with E-state index in [1.807, 2.05) is 23.4 Å². The van der Waals surface area contributed by atoms with Gasteiger partial charge in [0.05, 0.1) is 17.8 Å². The average Bonchev–Trinajstić information content (AvgIpc) is 2.81. The number of carboxylic acid groups (broad SMARTS) is 1. The molecule has 0 unspecified atom stereocenters. The molecule has 0 spiro atoms. The van der Waals surface area contributed by atoms with Crippen molar-refractivity contribution in [2.24, 2.45) is 0 Å². The molecule has 5 heteroatoms. The van der Waals surface area contributed by atoms with E-state index in [2.05, 4.69) is 11.1 Å². The van der Waals surface area contributed by atoms with Crippen LogP contribution in [0.1, 0.15) is 20.9 Å². The van der Waals surface area contributed by atoms with Gasteiger partial charge >= 0.3 is 5.97 Å². The molecule has 0 atom stereocenters. The number of pyridine rings is 1. The molecule has 0 aliphatic rings. The lowest BCUT2D eigenvalue weighted by Crippen LogP contribution is -2.18. The van der Waals surface area contributed by atoms with Gasteiger partial charge in [0.25, 0.3) is 0 Å². The summed E-state index contributed by atoms with van der Waals surface area (Å²) in [6.45, 7) is 2.49. The predicted molar refractivity (Wildman–Crippen MR) is 72.4 cm³/mol. The molecule has 0 fully saturated rings. The molecule has 1 N–H and O–H groups in total. The van der Waals surface area contributed by atoms with Gasteiger partial charge in [-0.2, -0.15) is 0 Å². The van der Waals surface area contributed by atoms with Crippen molar-refractivity contribution in [3.05, 3.63) is 45.8 Å². The Morgan fingerprint density at radius 1 is 1.44 bits per heavy atom. The molecule has 4 nitrogen and oxygen atoms in total. The highest BCUT2D eigenvalue weighted by Crippen LogP contribution is 2.18. The molecular weight excluding hydrogens is 248 g/mol. The summed E-state index contributed by atoms with van der Waals surface area (Å²) in [6, 6.07) is 7.43. The van der Waals surface area contributed by atoms with Crippen LogP contribution in [0.4, 0.5) is 5.82 Å². The number of aromatic carboxylic acids is 1. The minimum absolute atomic E-state index is 0.253. The van der Waals surface area contributed by atoms with Gasteiger partial charge in [-0.15, -0.1) is 11.3 Å². The van der Waals surface area contributed by atoms with Gasteiger partial charge in [0.2, 0.25) is 0 Å². The van der Waals surface area contributed by atoms with Crippen molar-refractivity contribution in [1.82, 2.24) is 4.98 Å². The summed E-state index contributed by atoms with van der Waals surface area (Å²) >= 11 is 1.69. The Bertz CT molecular complexity index is 552. The number of hydrogen-bond donors (Lipinski definition) is 1. The first-order valence-corrected chi connectivity index (χ1v) is 6.40. The Morgan fingerprint density at radius 2 is 2.22 bits per heavy atom. The third-order valence-electron chi connectivity index (χ3n) is 2.67. The summed E-state index contributed by atoms with van der Waals surface area (Å²) in [5.41, 5.74) is 0.793. The largest absolute Gasteiger partial charge is 0.478 e. The van der Waals surface area contributed by atoms with Crippen molar-refractivity contribution in [3.63, 3.8) is 0 Å². The third kappa shape index (κ3) is 2.68. The number of carbonyl (C=O) groups is 1. The molecule has 0 amide bonds. The average molecular weight is 262 g/mol. The number of carboxylic acids is 1. The SMILES string of the molecule is Cc1nc(N(C)Cc2cccs2)ccc1C(=O)O. The van der Waals surface area contributed by atoms with Crippen LogP contribution in [0.15, 0.2) is 29.6 Å². The Kier molecular flexibility index (Phi) is 3.62. The number of hydrogen-bond acceptors (Lipinski definition) is 4. The van der Waals surface area contributed by atoms with Crippen LogP contribution < -0.4 is 4.90 Å². The first-order chi connectivity index (χ1) is 8.58. The van der Waals surface area contributed by atoms with E-state index >= 15 is 0 Å². The minimum Gasteiger partial charge on any atom is -0.478 e. The summed E-state index contributed by atoms with van der Waals surface area (Å²) in [7, 11) is 1.95. The van der Waals surface area contributed by atoms with Crippen LogP contribution in [0, 0.1) is 6.92 Å². The highest BCUT2D eigenvalue weighted by Gasteiger charge is 2.11. The van der Waals surface area contributed by atoms with Crippen molar-refractivity contribution in [1.29, 1.82) is 0 Å². The van der Waals surface area contributed by atoms with Crippen LogP contribution in [0.5, 0.6) is 0 Å². The molecule has 0 saturated heterocycles. The molecule has 0 aliphatic heterocycles. The van der Waals surface area contributed by atoms with Gasteiger partial charge in [0.15, 0.2) is 0 Å². The normalized spacial score (nSPS) is 10.3. The number of aryl methyl sites for hydroxylation is 1. The second kappa shape index (κ2) is 5.18. The van der Waals surface area contributed by atoms with Gasteiger partial charge in [-0.3, -0.25) is 0 Å². The lowest BCUT2D eigenvalue weighted by Gasteiger charge is -2.18. The van der Waals surface area contributed by atoms with E-state index in [0.717, 1.165) is 12.4 Å². The van der Waals surface area contributed by atoms with Gasteiger partial charge in [-0.05, 0) is 30.5 Å². The minimum atomic E-state index is -0.938. The van der Waals surface area contributed by atoms with E-state index in [1.165, 1.54) is 4.88 Å². The summed E-state index contributed by atoms with van der Waals surface area (Å²) in [5.74, 6) is -0.154. The highest BCUT2D eigenvalue weighted by molar-refractivity contribution is 7.09. The van der Waals surface area contributed by atoms with Gasteiger partial charge in [-0.25, -0.2) is 9.78 Å². The quantitative estimate of drug-likeness (QED) is 0.920. The monoisotopic (exact) mass is 262 g/mol. The zero-order valence-electron chi connectivity index (χ0n) is 10.3. The first kappa shape index (κ1) is 12.6. The Labute approximate surface area is 110 Å². The molecule has 0 aromatic carbocycles. The lowest BCUT2D eigenvalue weighted by molar-refractivity contribution is 0.0695. The van der Waals surface area contributed by atoms with Gasteiger partial charge in [0.1, 0.15) is 5.82 Å². The Morgan fingerprint density at radius 3 is 2.78 bits per heavy atom. The maximum absolute atomic E-state index is 10.9. The van der Waals surface area contributed by atoms with Gasteiger partial charge < -0.3 is 10.0 Å². The van der Waals surface area contributed by atoms with Crippen molar-refractivity contribution in [3.8, 4) is 0 Å². The summed E-state index contributed by atoms with van der Waals surface area (Å²) in [6.07, 6.45) is 0. The maximum atomic E-state index is 10.9. The van der Waals surface area contributed by atoms with Crippen molar-refractivity contribution < 1.29 is 9.90 Å². The molecule has 2 heterocycles. The van der Waals surface area contributed by atoms with Gasteiger partial charge in [0, 0.05) is 11.9 Å². The van der Waals surface area contributed by atoms with Gasteiger partial charge in [-0.1, -0.05) is 6.07 Å². The molecule has 0 bridgehead atoms. The topological polar surface area (TPSA) is 53.4 Å². The maximum Gasteiger partial charge on any atom is 0.337 e. The second-order valence-corrected chi connectivity index (χ2v) is 5.08. The molecule has 2 aromatic heterocycles. The predicted octanol–water partition coefficient (Wildman–Crippen LogP) is 2.79. The zero-order valence-corrected chi connectivity index (χ0v) is 11.1. The van der Waals surface area contributed by atoms with E-state index in [-0.39, 0.29) is 5.56 Å². The fraction of sp³-hybridized carbons (Fsp3) is 0.231. The number of aromatic nitrogens is 1. The lowest BCUT2D eigenvalue weighted by atomic mass is 10.2. The second-order valence-electron chi connectivity index (χ2n) is 4.04. The van der Waals surface area contributed by atoms with Crippen molar-refractivity contribution in [2.45, 2.75) is 13.5 Å². The van der Waals surface area contributed by atoms with Crippen LogP contribution in [0.3, 0.4) is 0 Å². The number of thiophene rings is 1. The fourth-order valence-electron chi connectivity index (χ4n) is 1.70. The Hall–Kier alpha value is -1.88. The molecule has 94 valence electrons. The van der Waals surface area contributed by atoms with E-state index in [9.17, 15) is 4.79 Å². The summed E-state index contributed by atoms with van der Waals surface area (Å²) in [5, 5.41) is 11.0. The van der Waals surface area contributed by atoms with E-state index in [0.29, 0.717) is 5.69 Å². The summed E-state index contributed by atoms with van der Waals surface area (Å²) in [4.78, 5) is 18.5. The molecule has 18 heavy (non-hydrogen) atoms. The number of nitrogens with zero attached hydrogens (tertiary/aromatic N) is 2. The van der Waals surface area contributed by atoms with Crippen molar-refractivity contribution >= 4 is 23.1 Å². The molecule has 0 radical (unpaired) electrons. The fourth-order valence-corrected chi connectivity index (χ4v) is 2.46. The highest BCUT2D eigenvalue weighted by atomic mass is 32.1. The van der Waals surface area contributed by atoms with Crippen LogP contribution in [0.2, 0.25) is 0 Å². The summed E-state index contributed by atoms with van der Waals surface area (Å²) < 4.78 is 0. The molecule has 0 aliphatic carbocycles. The molecule has 0 saturated carbocycles. The number of rotatable bonds is 4. The van der Waals surface area contributed by atoms with Crippen LogP contribution >= 0.6 is 11.3 Å². The van der Waals surface area contributed by atoms with Crippen LogP contribution in [-0.4, -0.2) is 23.1 Å². The Balaban J connectivity index is 2.18. The molecule has 2 aromatic rings. The first-order valence-electron chi connectivity index (χ1n) is 5.52. The third-order valence-corrected chi connectivity index (χ3v) is 3.53. The van der Waals surface area contributed by atoms with Crippen molar-refractivity contribution in [2.75, 3.05) is 11.9 Å². The molecular formula is C13H14N2O2S. The number of anilines is 1. The van der Waals surface area contributed by atoms with E-state index < -0.39 is 5.97 Å². The standard InChI is InChI=1S/C13H14N2O2S/c1-9-11(13(16)17)5-6-12(14-9)15(2)8-10-4-3-7-18-10/h3-7H,8H2,1-2H3,(H,16,17). The van der Waals surface area contributed by atoms with E-state index in [4.69, 9.17) is 5.11 Å². The van der Waals surface area contributed by atoms with Crippen LogP contribution in [0.25, 0.3) is 0 Å².